The minimum absolute atomic E-state index is 0.0951. The Kier molecular flexibility index (Phi) is 5.56. The number of hydrogen-bond donors (Lipinski definition) is 0. The Bertz CT molecular complexity index is 888. The highest BCUT2D eigenvalue weighted by molar-refractivity contribution is 7.89. The summed E-state index contributed by atoms with van der Waals surface area (Å²) < 4.78 is 43.7. The molecule has 148 valence electrons. The van der Waals surface area contributed by atoms with Crippen molar-refractivity contribution in [3.05, 3.63) is 24.1 Å². The molecule has 0 aliphatic carbocycles. The lowest BCUT2D eigenvalue weighted by Crippen LogP contribution is -2.48. The molecule has 1 aromatic carbocycles. The smallest absolute Gasteiger partial charge is 0.318 e. The van der Waals surface area contributed by atoms with Crippen molar-refractivity contribution in [2.75, 3.05) is 45.3 Å². The number of benzene rings is 1. The van der Waals surface area contributed by atoms with Gasteiger partial charge in [-0.3, -0.25) is 0 Å². The molecule has 9 nitrogen and oxygen atoms in total. The van der Waals surface area contributed by atoms with Crippen LogP contribution in [0.3, 0.4) is 0 Å². The first-order chi connectivity index (χ1) is 12.9. The van der Waals surface area contributed by atoms with Crippen molar-refractivity contribution in [2.45, 2.75) is 24.7 Å². The van der Waals surface area contributed by atoms with E-state index >= 15 is 0 Å². The largest absolute Gasteiger partial charge is 0.497 e. The molecule has 0 spiro atoms. The zero-order chi connectivity index (χ0) is 19.6. The van der Waals surface area contributed by atoms with Gasteiger partial charge in [0.2, 0.25) is 15.9 Å². The van der Waals surface area contributed by atoms with E-state index in [2.05, 4.69) is 10.2 Å². The molecule has 3 rings (SSSR count). The number of ether oxygens (including phenoxy) is 2. The van der Waals surface area contributed by atoms with Gasteiger partial charge in [-0.15, -0.1) is 5.10 Å². The van der Waals surface area contributed by atoms with E-state index in [9.17, 15) is 8.42 Å². The Morgan fingerprint density at radius 1 is 1.07 bits per heavy atom. The average Bonchev–Trinajstić information content (AvgIpc) is 3.18. The number of nitrogens with zero attached hydrogens (tertiary/aromatic N) is 4. The van der Waals surface area contributed by atoms with E-state index in [1.807, 2.05) is 18.7 Å². The molecule has 0 saturated carbocycles. The summed E-state index contributed by atoms with van der Waals surface area (Å²) in [5.74, 6) is 1.46. The molecule has 1 aliphatic rings. The fourth-order valence-electron chi connectivity index (χ4n) is 2.83. The number of aromatic nitrogens is 2. The van der Waals surface area contributed by atoms with Crippen LogP contribution in [0, 0.1) is 0 Å². The minimum Gasteiger partial charge on any atom is -0.497 e. The highest BCUT2D eigenvalue weighted by atomic mass is 32.2. The molecule has 27 heavy (non-hydrogen) atoms. The highest BCUT2D eigenvalue weighted by Crippen LogP contribution is 2.31. The molecule has 0 bridgehead atoms. The van der Waals surface area contributed by atoms with Crippen LogP contribution in [0.25, 0.3) is 0 Å². The van der Waals surface area contributed by atoms with E-state index < -0.39 is 10.0 Å². The molecule has 2 aromatic rings. The molecule has 0 radical (unpaired) electrons. The van der Waals surface area contributed by atoms with Crippen molar-refractivity contribution in [3.63, 3.8) is 0 Å². The lowest BCUT2D eigenvalue weighted by Gasteiger charge is -2.33. The molecule has 1 aromatic heterocycles. The maximum atomic E-state index is 13.1. The van der Waals surface area contributed by atoms with Crippen LogP contribution < -0.4 is 14.4 Å². The summed E-state index contributed by atoms with van der Waals surface area (Å²) in [5.41, 5.74) is 0. The van der Waals surface area contributed by atoms with Crippen LogP contribution in [-0.4, -0.2) is 63.3 Å². The van der Waals surface area contributed by atoms with Crippen LogP contribution in [0.15, 0.2) is 27.5 Å². The van der Waals surface area contributed by atoms with Crippen LogP contribution in [-0.2, 0) is 10.0 Å². The second-order valence-corrected chi connectivity index (χ2v) is 8.39. The quantitative estimate of drug-likeness (QED) is 0.728. The number of sulfonamides is 1. The van der Waals surface area contributed by atoms with Crippen molar-refractivity contribution in [1.82, 2.24) is 14.5 Å². The van der Waals surface area contributed by atoms with Crippen molar-refractivity contribution in [3.8, 4) is 11.5 Å². The van der Waals surface area contributed by atoms with Crippen LogP contribution >= 0.6 is 0 Å². The van der Waals surface area contributed by atoms with Gasteiger partial charge in [0.05, 0.1) is 14.2 Å². The topological polar surface area (TPSA) is 98.0 Å². The summed E-state index contributed by atoms with van der Waals surface area (Å²) in [4.78, 5) is 1.99. The predicted octanol–water partition coefficient (Wildman–Crippen LogP) is 1.72. The SMILES string of the molecule is COc1ccc(OC)c(S(=O)(=O)N2CCN(c3nnc(C(C)C)o3)CC2)c1. The first-order valence-electron chi connectivity index (χ1n) is 8.67. The third kappa shape index (κ3) is 3.86. The first-order valence-corrected chi connectivity index (χ1v) is 10.1. The summed E-state index contributed by atoms with van der Waals surface area (Å²) in [6.45, 7) is 5.49. The molecular weight excluding hydrogens is 372 g/mol. The summed E-state index contributed by atoms with van der Waals surface area (Å²) in [6.07, 6.45) is 0. The van der Waals surface area contributed by atoms with Crippen molar-refractivity contribution in [1.29, 1.82) is 0 Å². The second kappa shape index (κ2) is 7.73. The van der Waals surface area contributed by atoms with Crippen LogP contribution in [0.2, 0.25) is 0 Å². The zero-order valence-corrected chi connectivity index (χ0v) is 16.7. The van der Waals surface area contributed by atoms with Gasteiger partial charge in [-0.1, -0.05) is 18.9 Å². The minimum atomic E-state index is -3.72. The van der Waals surface area contributed by atoms with Gasteiger partial charge in [0.1, 0.15) is 16.4 Å². The van der Waals surface area contributed by atoms with Crippen molar-refractivity contribution >= 4 is 16.0 Å². The molecule has 1 saturated heterocycles. The molecule has 10 heteroatoms. The van der Waals surface area contributed by atoms with E-state index in [0.717, 1.165) is 0 Å². The number of rotatable bonds is 6. The van der Waals surface area contributed by atoms with Gasteiger partial charge in [0.25, 0.3) is 0 Å². The van der Waals surface area contributed by atoms with E-state index in [-0.39, 0.29) is 16.6 Å². The van der Waals surface area contributed by atoms with Crippen LogP contribution in [0.5, 0.6) is 11.5 Å². The Balaban J connectivity index is 1.76. The molecule has 1 fully saturated rings. The maximum absolute atomic E-state index is 13.1. The van der Waals surface area contributed by atoms with Gasteiger partial charge < -0.3 is 18.8 Å². The Morgan fingerprint density at radius 2 is 1.78 bits per heavy atom. The van der Waals surface area contributed by atoms with Gasteiger partial charge >= 0.3 is 6.01 Å². The number of methoxy groups -OCH3 is 2. The number of piperazine rings is 1. The fourth-order valence-corrected chi connectivity index (χ4v) is 4.42. The van der Waals surface area contributed by atoms with Crippen molar-refractivity contribution in [2.24, 2.45) is 0 Å². The lowest BCUT2D eigenvalue weighted by molar-refractivity contribution is 0.360. The van der Waals surface area contributed by atoms with Gasteiger partial charge in [0, 0.05) is 38.2 Å². The number of hydrogen-bond acceptors (Lipinski definition) is 8. The Hall–Kier alpha value is -2.33. The average molecular weight is 396 g/mol. The summed E-state index contributed by atoms with van der Waals surface area (Å²) in [7, 11) is -0.778. The van der Waals surface area contributed by atoms with Crippen LogP contribution in [0.4, 0.5) is 6.01 Å². The van der Waals surface area contributed by atoms with E-state index in [1.54, 1.807) is 12.1 Å². The van der Waals surface area contributed by atoms with E-state index in [4.69, 9.17) is 13.9 Å². The third-order valence-electron chi connectivity index (χ3n) is 4.42. The monoisotopic (exact) mass is 396 g/mol. The van der Waals surface area contributed by atoms with Gasteiger partial charge in [-0.2, -0.15) is 4.31 Å². The molecular formula is C17H24N4O5S. The van der Waals surface area contributed by atoms with Crippen LogP contribution in [0.1, 0.15) is 25.7 Å². The molecule has 1 aliphatic heterocycles. The van der Waals surface area contributed by atoms with Gasteiger partial charge in [0.15, 0.2) is 0 Å². The molecule has 0 N–H and O–H groups in total. The zero-order valence-electron chi connectivity index (χ0n) is 15.9. The first kappa shape index (κ1) is 19.4. The van der Waals surface area contributed by atoms with Gasteiger partial charge in [-0.05, 0) is 12.1 Å². The number of anilines is 1. The molecule has 2 heterocycles. The summed E-state index contributed by atoms with van der Waals surface area (Å²) in [5, 5.41) is 8.09. The maximum Gasteiger partial charge on any atom is 0.318 e. The van der Waals surface area contributed by atoms with Gasteiger partial charge in [-0.25, -0.2) is 8.42 Å². The second-order valence-electron chi connectivity index (χ2n) is 6.49. The predicted molar refractivity (Wildman–Crippen MR) is 98.9 cm³/mol. The van der Waals surface area contributed by atoms with E-state index in [1.165, 1.54) is 24.6 Å². The summed E-state index contributed by atoms with van der Waals surface area (Å²) in [6, 6.07) is 5.16. The fraction of sp³-hybridized carbons (Fsp3) is 0.529. The van der Waals surface area contributed by atoms with Crippen molar-refractivity contribution < 1.29 is 22.3 Å². The normalized spacial score (nSPS) is 16.0. The molecule has 0 atom stereocenters. The lowest BCUT2D eigenvalue weighted by atomic mass is 10.2. The Labute approximate surface area is 158 Å². The summed E-state index contributed by atoms with van der Waals surface area (Å²) >= 11 is 0. The molecule has 0 unspecified atom stereocenters. The van der Waals surface area contributed by atoms with E-state index in [0.29, 0.717) is 43.8 Å². The Morgan fingerprint density at radius 3 is 2.33 bits per heavy atom. The third-order valence-corrected chi connectivity index (χ3v) is 6.34. The molecule has 0 amide bonds. The standard InChI is InChI=1S/C17H24N4O5S/c1-12(2)16-18-19-17(26-16)20-7-9-21(10-8-20)27(22,23)15-11-13(24-3)5-6-14(15)25-4/h5-6,11-12H,7-10H2,1-4H3. The highest BCUT2D eigenvalue weighted by Gasteiger charge is 2.32.